The van der Waals surface area contributed by atoms with Crippen molar-refractivity contribution in [3.63, 3.8) is 0 Å². The fourth-order valence-electron chi connectivity index (χ4n) is 3.57. The summed E-state index contributed by atoms with van der Waals surface area (Å²) in [4.78, 5) is 33.4. The van der Waals surface area contributed by atoms with Crippen LogP contribution < -0.4 is 4.90 Å². The van der Waals surface area contributed by atoms with E-state index in [0.29, 0.717) is 13.1 Å². The van der Waals surface area contributed by atoms with Crippen LogP contribution in [0.5, 0.6) is 0 Å². The number of carbonyl (C=O) groups excluding carboxylic acids is 2. The number of hydrogen-bond acceptors (Lipinski definition) is 4. The first-order chi connectivity index (χ1) is 12.0. The standard InChI is InChI=1S/C19H26BrN3O3/c1-18(2,3)26-17(25)22-8-6-13(7-9-22)23-15-14(10-12(20)11-21-15)19(4,5)16(23)24/h10-11,13H,6-9H2,1-5H3. The second-order valence-electron chi connectivity index (χ2n) is 8.52. The van der Waals surface area contributed by atoms with Gasteiger partial charge < -0.3 is 9.64 Å². The lowest BCUT2D eigenvalue weighted by molar-refractivity contribution is -0.122. The molecular formula is C19H26BrN3O3. The van der Waals surface area contributed by atoms with Gasteiger partial charge in [-0.05, 0) is 69.5 Å². The lowest BCUT2D eigenvalue weighted by atomic mass is 9.87. The maximum atomic E-state index is 13.1. The Morgan fingerprint density at radius 3 is 2.50 bits per heavy atom. The Hall–Kier alpha value is -1.63. The summed E-state index contributed by atoms with van der Waals surface area (Å²) >= 11 is 3.45. The van der Waals surface area contributed by atoms with E-state index in [4.69, 9.17) is 4.74 Å². The molecule has 0 unspecified atom stereocenters. The monoisotopic (exact) mass is 423 g/mol. The van der Waals surface area contributed by atoms with E-state index in [-0.39, 0.29) is 18.0 Å². The van der Waals surface area contributed by atoms with Crippen molar-refractivity contribution in [3.8, 4) is 0 Å². The number of likely N-dealkylation sites (tertiary alicyclic amines) is 1. The first kappa shape index (κ1) is 19.1. The molecule has 2 aliphatic heterocycles. The lowest BCUT2D eigenvalue weighted by Crippen LogP contribution is -2.50. The van der Waals surface area contributed by atoms with Crippen LogP contribution >= 0.6 is 15.9 Å². The molecule has 0 bridgehead atoms. The van der Waals surface area contributed by atoms with Crippen LogP contribution in [-0.4, -0.2) is 46.6 Å². The number of hydrogen-bond donors (Lipinski definition) is 0. The Morgan fingerprint density at radius 1 is 1.31 bits per heavy atom. The average Bonchev–Trinajstić information content (AvgIpc) is 2.73. The number of anilines is 1. The number of pyridine rings is 1. The van der Waals surface area contributed by atoms with E-state index in [1.807, 2.05) is 45.6 Å². The zero-order valence-corrected chi connectivity index (χ0v) is 17.6. The Labute approximate surface area is 163 Å². The SMILES string of the molecule is CC(C)(C)OC(=O)N1CCC(N2C(=O)C(C)(C)c3cc(Br)cnc32)CC1. The predicted octanol–water partition coefficient (Wildman–Crippen LogP) is 3.87. The summed E-state index contributed by atoms with van der Waals surface area (Å²) < 4.78 is 6.32. The number of carbonyl (C=O) groups is 2. The summed E-state index contributed by atoms with van der Waals surface area (Å²) in [6.45, 7) is 10.6. The van der Waals surface area contributed by atoms with Crippen LogP contribution in [0.25, 0.3) is 0 Å². The highest BCUT2D eigenvalue weighted by atomic mass is 79.9. The number of piperidine rings is 1. The van der Waals surface area contributed by atoms with Crippen molar-refractivity contribution in [3.05, 3.63) is 22.3 Å². The number of aromatic nitrogens is 1. The number of halogens is 1. The topological polar surface area (TPSA) is 62.7 Å². The van der Waals surface area contributed by atoms with Crippen molar-refractivity contribution in [1.82, 2.24) is 9.88 Å². The summed E-state index contributed by atoms with van der Waals surface area (Å²) in [5.74, 6) is 0.827. The van der Waals surface area contributed by atoms with Gasteiger partial charge in [-0.3, -0.25) is 9.69 Å². The molecular weight excluding hydrogens is 398 g/mol. The zero-order chi connectivity index (χ0) is 19.3. The maximum Gasteiger partial charge on any atom is 0.410 e. The minimum absolute atomic E-state index is 0.0513. The van der Waals surface area contributed by atoms with Crippen LogP contribution in [0.2, 0.25) is 0 Å². The van der Waals surface area contributed by atoms with Crippen molar-refractivity contribution in [1.29, 1.82) is 0 Å². The molecule has 2 amide bonds. The molecule has 6 nitrogen and oxygen atoms in total. The Bertz CT molecular complexity index is 734. The fourth-order valence-corrected chi connectivity index (χ4v) is 3.90. The maximum absolute atomic E-state index is 13.1. The Balaban J connectivity index is 1.74. The molecule has 1 aromatic rings. The summed E-state index contributed by atoms with van der Waals surface area (Å²) in [5.41, 5.74) is -0.139. The summed E-state index contributed by atoms with van der Waals surface area (Å²) in [6, 6.07) is 2.03. The smallest absolute Gasteiger partial charge is 0.410 e. The van der Waals surface area contributed by atoms with Crippen LogP contribution in [0, 0.1) is 0 Å². The molecule has 1 saturated heterocycles. The van der Waals surface area contributed by atoms with Gasteiger partial charge in [0.2, 0.25) is 5.91 Å². The summed E-state index contributed by atoms with van der Waals surface area (Å²) in [6.07, 6.45) is 2.89. The minimum Gasteiger partial charge on any atom is -0.444 e. The van der Waals surface area contributed by atoms with Gasteiger partial charge in [0.05, 0.1) is 5.41 Å². The molecule has 3 heterocycles. The van der Waals surface area contributed by atoms with Gasteiger partial charge >= 0.3 is 6.09 Å². The predicted molar refractivity (Wildman–Crippen MR) is 103 cm³/mol. The van der Waals surface area contributed by atoms with Gasteiger partial charge in [-0.15, -0.1) is 0 Å². The summed E-state index contributed by atoms with van der Waals surface area (Å²) in [5, 5.41) is 0. The van der Waals surface area contributed by atoms with Gasteiger partial charge in [0.1, 0.15) is 11.4 Å². The van der Waals surface area contributed by atoms with E-state index in [1.165, 1.54) is 0 Å². The largest absolute Gasteiger partial charge is 0.444 e. The zero-order valence-electron chi connectivity index (χ0n) is 16.0. The first-order valence-electron chi connectivity index (χ1n) is 8.98. The molecule has 0 spiro atoms. The van der Waals surface area contributed by atoms with Gasteiger partial charge in [-0.2, -0.15) is 0 Å². The highest BCUT2D eigenvalue weighted by Crippen LogP contribution is 2.43. The third-order valence-corrected chi connectivity index (χ3v) is 5.40. The molecule has 26 heavy (non-hydrogen) atoms. The highest BCUT2D eigenvalue weighted by Gasteiger charge is 2.48. The van der Waals surface area contributed by atoms with E-state index < -0.39 is 11.0 Å². The van der Waals surface area contributed by atoms with Gasteiger partial charge in [-0.1, -0.05) is 0 Å². The second-order valence-corrected chi connectivity index (χ2v) is 9.44. The quantitative estimate of drug-likeness (QED) is 0.687. The Kier molecular flexibility index (Phi) is 4.80. The molecule has 3 rings (SSSR count). The van der Waals surface area contributed by atoms with E-state index in [2.05, 4.69) is 20.9 Å². The molecule has 2 aliphatic rings. The molecule has 1 fully saturated rings. The Morgan fingerprint density at radius 2 is 1.92 bits per heavy atom. The normalized spacial score (nSPS) is 20.3. The third-order valence-electron chi connectivity index (χ3n) is 4.97. The van der Waals surface area contributed by atoms with Crippen molar-refractivity contribution < 1.29 is 14.3 Å². The van der Waals surface area contributed by atoms with Crippen molar-refractivity contribution in [2.45, 2.75) is 64.5 Å². The van der Waals surface area contributed by atoms with Crippen LogP contribution in [-0.2, 0) is 14.9 Å². The first-order valence-corrected chi connectivity index (χ1v) is 9.77. The summed E-state index contributed by atoms with van der Waals surface area (Å²) in [7, 11) is 0. The van der Waals surface area contributed by atoms with E-state index in [9.17, 15) is 9.59 Å². The second kappa shape index (κ2) is 6.51. The van der Waals surface area contributed by atoms with Gasteiger partial charge in [0.15, 0.2) is 0 Å². The molecule has 142 valence electrons. The van der Waals surface area contributed by atoms with Crippen LogP contribution in [0.3, 0.4) is 0 Å². The van der Waals surface area contributed by atoms with Crippen molar-refractivity contribution >= 4 is 33.7 Å². The molecule has 0 aromatic carbocycles. The number of amides is 2. The minimum atomic E-state index is -0.589. The molecule has 0 saturated carbocycles. The third kappa shape index (κ3) is 3.46. The fraction of sp³-hybridized carbons (Fsp3) is 0.632. The molecule has 0 N–H and O–H groups in total. The van der Waals surface area contributed by atoms with E-state index >= 15 is 0 Å². The van der Waals surface area contributed by atoms with Gasteiger partial charge in [0.25, 0.3) is 0 Å². The molecule has 1 aromatic heterocycles. The average molecular weight is 424 g/mol. The lowest BCUT2D eigenvalue weighted by Gasteiger charge is -2.37. The number of ether oxygens (including phenoxy) is 1. The molecule has 0 aliphatic carbocycles. The molecule has 0 radical (unpaired) electrons. The van der Waals surface area contributed by atoms with Crippen LogP contribution in [0.15, 0.2) is 16.7 Å². The highest BCUT2D eigenvalue weighted by molar-refractivity contribution is 9.10. The van der Waals surface area contributed by atoms with Crippen LogP contribution in [0.1, 0.15) is 53.0 Å². The van der Waals surface area contributed by atoms with Crippen molar-refractivity contribution in [2.75, 3.05) is 18.0 Å². The van der Waals surface area contributed by atoms with Crippen LogP contribution in [0.4, 0.5) is 10.6 Å². The number of fused-ring (bicyclic) bond motifs is 1. The van der Waals surface area contributed by atoms with E-state index in [0.717, 1.165) is 28.7 Å². The van der Waals surface area contributed by atoms with E-state index in [1.54, 1.807) is 11.1 Å². The van der Waals surface area contributed by atoms with Gasteiger partial charge in [-0.25, -0.2) is 9.78 Å². The van der Waals surface area contributed by atoms with Gasteiger partial charge in [0, 0.05) is 35.4 Å². The number of nitrogens with zero attached hydrogens (tertiary/aromatic N) is 3. The van der Waals surface area contributed by atoms with Crippen molar-refractivity contribution in [2.24, 2.45) is 0 Å². The molecule has 0 atom stereocenters. The number of rotatable bonds is 1. The molecule has 7 heteroatoms.